The highest BCUT2D eigenvalue weighted by Gasteiger charge is 2.31. The molecule has 0 atom stereocenters. The molecule has 2 aromatic heterocycles. The van der Waals surface area contributed by atoms with Crippen LogP contribution in [0.5, 0.6) is 0 Å². The van der Waals surface area contributed by atoms with Crippen molar-refractivity contribution in [2.24, 2.45) is 0 Å². The molecule has 1 aliphatic carbocycles. The molecule has 0 spiro atoms. The molecular formula is C20H19ClN4O2. The van der Waals surface area contributed by atoms with Crippen molar-refractivity contribution < 1.29 is 9.32 Å². The van der Waals surface area contributed by atoms with Gasteiger partial charge in [0, 0.05) is 46.8 Å². The van der Waals surface area contributed by atoms with Gasteiger partial charge < -0.3 is 9.42 Å². The molecule has 138 valence electrons. The Balaban J connectivity index is 1.44. The van der Waals surface area contributed by atoms with Gasteiger partial charge in [-0.25, -0.2) is 0 Å². The van der Waals surface area contributed by atoms with E-state index in [1.165, 1.54) is 0 Å². The van der Waals surface area contributed by atoms with E-state index in [1.807, 2.05) is 29.2 Å². The van der Waals surface area contributed by atoms with Gasteiger partial charge in [0.2, 0.25) is 0 Å². The topological polar surface area (TPSA) is 75.0 Å². The second-order valence-electron chi connectivity index (χ2n) is 7.15. The van der Waals surface area contributed by atoms with Gasteiger partial charge in [0.15, 0.2) is 5.69 Å². The molecule has 6 nitrogen and oxygen atoms in total. The number of aromatic nitrogens is 3. The van der Waals surface area contributed by atoms with Crippen LogP contribution in [-0.4, -0.2) is 32.7 Å². The van der Waals surface area contributed by atoms with Crippen LogP contribution in [0.2, 0.25) is 5.02 Å². The number of hydrogen-bond donors (Lipinski definition) is 1. The Bertz CT molecular complexity index is 1010. The smallest absolute Gasteiger partial charge is 0.276 e. The van der Waals surface area contributed by atoms with E-state index in [2.05, 4.69) is 15.4 Å². The molecule has 1 aliphatic heterocycles. The number of H-pyrrole nitrogens is 1. The summed E-state index contributed by atoms with van der Waals surface area (Å²) in [5.41, 5.74) is 5.51. The maximum atomic E-state index is 13.1. The molecule has 0 unspecified atom stereocenters. The zero-order valence-electron chi connectivity index (χ0n) is 14.8. The molecule has 1 amide bonds. The summed E-state index contributed by atoms with van der Waals surface area (Å²) in [5.74, 6) is 0.836. The summed E-state index contributed by atoms with van der Waals surface area (Å²) in [6.07, 6.45) is 4.69. The molecule has 0 saturated carbocycles. The fourth-order valence-electron chi connectivity index (χ4n) is 4.02. The van der Waals surface area contributed by atoms with E-state index in [1.54, 1.807) is 0 Å². The Kier molecular flexibility index (Phi) is 4.01. The third kappa shape index (κ3) is 2.84. The highest BCUT2D eigenvalue weighted by atomic mass is 35.5. The van der Waals surface area contributed by atoms with Crippen molar-refractivity contribution in [3.63, 3.8) is 0 Å². The number of nitrogens with one attached hydrogen (secondary N) is 1. The van der Waals surface area contributed by atoms with E-state index in [0.29, 0.717) is 23.8 Å². The monoisotopic (exact) mass is 382 g/mol. The molecular weight excluding hydrogens is 364 g/mol. The first kappa shape index (κ1) is 16.6. The quantitative estimate of drug-likeness (QED) is 0.731. The normalized spacial score (nSPS) is 16.1. The number of carbonyl (C=O) groups is 1. The van der Waals surface area contributed by atoms with Crippen molar-refractivity contribution in [3.05, 3.63) is 57.6 Å². The average molecular weight is 383 g/mol. The minimum absolute atomic E-state index is 0.0455. The summed E-state index contributed by atoms with van der Waals surface area (Å²) in [6.45, 7) is 1.17. The number of fused-ring (bicyclic) bond motifs is 2. The zero-order chi connectivity index (χ0) is 18.4. The lowest BCUT2D eigenvalue weighted by molar-refractivity contribution is 0.0723. The number of aromatic amines is 1. The van der Waals surface area contributed by atoms with Gasteiger partial charge >= 0.3 is 0 Å². The van der Waals surface area contributed by atoms with E-state index >= 15 is 0 Å². The Labute approximate surface area is 161 Å². The first-order chi connectivity index (χ1) is 13.2. The third-order valence-electron chi connectivity index (χ3n) is 5.49. The van der Waals surface area contributed by atoms with E-state index < -0.39 is 0 Å². The fourth-order valence-corrected chi connectivity index (χ4v) is 4.14. The Hall–Kier alpha value is -2.60. The molecule has 3 heterocycles. The van der Waals surface area contributed by atoms with Crippen LogP contribution in [0.15, 0.2) is 28.8 Å². The standard InChI is InChI=1S/C20H19ClN4O2/c21-13-7-5-12(6-8-13)18-15-11-25(10-9-16(15)22-23-18)20(26)19-14-3-1-2-4-17(14)27-24-19/h5-8H,1-4,9-11H2,(H,22,23). The lowest BCUT2D eigenvalue weighted by atomic mass is 9.95. The van der Waals surface area contributed by atoms with E-state index in [0.717, 1.165) is 65.9 Å². The zero-order valence-corrected chi connectivity index (χ0v) is 15.6. The van der Waals surface area contributed by atoms with Crippen LogP contribution >= 0.6 is 11.6 Å². The number of aryl methyl sites for hydroxylation is 1. The van der Waals surface area contributed by atoms with Crippen LogP contribution in [0.1, 0.15) is 45.9 Å². The maximum absolute atomic E-state index is 13.1. The molecule has 0 saturated heterocycles. The molecule has 5 rings (SSSR count). The van der Waals surface area contributed by atoms with Crippen LogP contribution in [-0.2, 0) is 25.8 Å². The number of carbonyl (C=O) groups excluding carboxylic acids is 1. The highest BCUT2D eigenvalue weighted by molar-refractivity contribution is 6.30. The van der Waals surface area contributed by atoms with Gasteiger partial charge in [0.25, 0.3) is 5.91 Å². The van der Waals surface area contributed by atoms with Crippen molar-refractivity contribution >= 4 is 17.5 Å². The molecule has 7 heteroatoms. The molecule has 3 aromatic rings. The fraction of sp³-hybridized carbons (Fsp3) is 0.350. The second-order valence-corrected chi connectivity index (χ2v) is 7.59. The van der Waals surface area contributed by atoms with Gasteiger partial charge in [-0.05, 0) is 31.4 Å². The van der Waals surface area contributed by atoms with Crippen molar-refractivity contribution in [2.75, 3.05) is 6.54 Å². The van der Waals surface area contributed by atoms with E-state index in [4.69, 9.17) is 16.1 Å². The van der Waals surface area contributed by atoms with Gasteiger partial charge in [0.05, 0.1) is 12.2 Å². The number of nitrogens with zero attached hydrogens (tertiary/aromatic N) is 3. The minimum atomic E-state index is -0.0455. The van der Waals surface area contributed by atoms with E-state index in [9.17, 15) is 4.79 Å². The molecule has 2 aliphatic rings. The Morgan fingerprint density at radius 2 is 1.93 bits per heavy atom. The summed E-state index contributed by atoms with van der Waals surface area (Å²) in [6, 6.07) is 7.61. The first-order valence-corrected chi connectivity index (χ1v) is 9.67. The second kappa shape index (κ2) is 6.53. The summed E-state index contributed by atoms with van der Waals surface area (Å²) in [5, 5.41) is 12.4. The number of amides is 1. The highest BCUT2D eigenvalue weighted by Crippen LogP contribution is 2.31. The number of halogens is 1. The molecule has 27 heavy (non-hydrogen) atoms. The van der Waals surface area contributed by atoms with Crippen molar-refractivity contribution in [2.45, 2.75) is 38.6 Å². The van der Waals surface area contributed by atoms with E-state index in [-0.39, 0.29) is 5.91 Å². The molecule has 0 bridgehead atoms. The Morgan fingerprint density at radius 3 is 2.78 bits per heavy atom. The number of hydrogen-bond acceptors (Lipinski definition) is 4. The summed E-state index contributed by atoms with van der Waals surface area (Å²) < 4.78 is 5.43. The van der Waals surface area contributed by atoms with Crippen LogP contribution < -0.4 is 0 Å². The van der Waals surface area contributed by atoms with Crippen molar-refractivity contribution in [1.29, 1.82) is 0 Å². The van der Waals surface area contributed by atoms with Crippen LogP contribution in [0.3, 0.4) is 0 Å². The lowest BCUT2D eigenvalue weighted by Gasteiger charge is -2.27. The lowest BCUT2D eigenvalue weighted by Crippen LogP contribution is -2.36. The SMILES string of the molecule is O=C(c1noc2c1CCCC2)N1CCc2[nH]nc(-c3ccc(Cl)cc3)c2C1. The van der Waals surface area contributed by atoms with Gasteiger partial charge in [-0.3, -0.25) is 9.89 Å². The first-order valence-electron chi connectivity index (χ1n) is 9.29. The van der Waals surface area contributed by atoms with Gasteiger partial charge in [-0.15, -0.1) is 0 Å². The van der Waals surface area contributed by atoms with Crippen LogP contribution in [0, 0.1) is 0 Å². The predicted octanol–water partition coefficient (Wildman–Crippen LogP) is 3.80. The molecule has 1 aromatic carbocycles. The molecule has 0 radical (unpaired) electrons. The molecule has 0 fully saturated rings. The van der Waals surface area contributed by atoms with Gasteiger partial charge in [0.1, 0.15) is 5.76 Å². The largest absolute Gasteiger partial charge is 0.360 e. The summed E-state index contributed by atoms with van der Waals surface area (Å²) in [4.78, 5) is 15.0. The summed E-state index contributed by atoms with van der Waals surface area (Å²) in [7, 11) is 0. The number of benzene rings is 1. The predicted molar refractivity (Wildman–Crippen MR) is 101 cm³/mol. The maximum Gasteiger partial charge on any atom is 0.276 e. The van der Waals surface area contributed by atoms with Crippen LogP contribution in [0.4, 0.5) is 0 Å². The Morgan fingerprint density at radius 1 is 1.11 bits per heavy atom. The van der Waals surface area contributed by atoms with Gasteiger partial charge in [-0.2, -0.15) is 5.10 Å². The van der Waals surface area contributed by atoms with Crippen molar-refractivity contribution in [3.8, 4) is 11.3 Å². The van der Waals surface area contributed by atoms with Crippen molar-refractivity contribution in [1.82, 2.24) is 20.3 Å². The summed E-state index contributed by atoms with van der Waals surface area (Å²) >= 11 is 6.00. The minimum Gasteiger partial charge on any atom is -0.360 e. The average Bonchev–Trinajstić information content (AvgIpc) is 3.32. The third-order valence-corrected chi connectivity index (χ3v) is 5.74. The van der Waals surface area contributed by atoms with Gasteiger partial charge in [-0.1, -0.05) is 28.9 Å². The molecule has 1 N–H and O–H groups in total. The van der Waals surface area contributed by atoms with Crippen LogP contribution in [0.25, 0.3) is 11.3 Å². The number of rotatable bonds is 2.